The molecule has 5 rings (SSSR count). The van der Waals surface area contributed by atoms with Gasteiger partial charge in [-0.2, -0.15) is 4.31 Å². The Hall–Kier alpha value is -3.27. The van der Waals surface area contributed by atoms with Crippen LogP contribution in [-0.4, -0.2) is 53.8 Å². The van der Waals surface area contributed by atoms with Crippen LogP contribution >= 0.6 is 11.3 Å². The summed E-state index contributed by atoms with van der Waals surface area (Å²) in [5.41, 5.74) is 2.10. The maximum Gasteiger partial charge on any atom is 0.270 e. The van der Waals surface area contributed by atoms with Gasteiger partial charge in [0.25, 0.3) is 5.91 Å². The van der Waals surface area contributed by atoms with E-state index in [0.717, 1.165) is 21.3 Å². The highest BCUT2D eigenvalue weighted by Crippen LogP contribution is 2.28. The molecule has 2 aromatic heterocycles. The van der Waals surface area contributed by atoms with E-state index in [0.29, 0.717) is 18.8 Å². The molecule has 0 radical (unpaired) electrons. The van der Waals surface area contributed by atoms with Crippen LogP contribution in [0, 0.1) is 5.82 Å². The molecule has 3 heterocycles. The van der Waals surface area contributed by atoms with Crippen molar-refractivity contribution in [2.75, 3.05) is 19.6 Å². The zero-order valence-electron chi connectivity index (χ0n) is 19.7. The number of halogens is 1. The Morgan fingerprint density at radius 2 is 1.89 bits per heavy atom. The molecule has 0 N–H and O–H groups in total. The number of sulfonamides is 1. The minimum atomic E-state index is -3.63. The van der Waals surface area contributed by atoms with E-state index < -0.39 is 10.0 Å². The number of carbonyl (C=O) groups is 1. The molecule has 1 fully saturated rings. The summed E-state index contributed by atoms with van der Waals surface area (Å²) in [4.78, 5) is 16.3. The quantitative estimate of drug-likeness (QED) is 0.356. The lowest BCUT2D eigenvalue weighted by atomic mass is 10.2. The van der Waals surface area contributed by atoms with Crippen LogP contribution in [0.1, 0.15) is 28.5 Å². The molecule has 4 aromatic rings. The maximum atomic E-state index is 13.8. The van der Waals surface area contributed by atoms with Crippen LogP contribution in [0.3, 0.4) is 0 Å². The number of thiophene rings is 1. The van der Waals surface area contributed by atoms with Gasteiger partial charge in [-0.25, -0.2) is 12.8 Å². The van der Waals surface area contributed by atoms with Crippen molar-refractivity contribution in [1.82, 2.24) is 13.8 Å². The van der Waals surface area contributed by atoms with E-state index >= 15 is 0 Å². The molecule has 0 bridgehead atoms. The van der Waals surface area contributed by atoms with Gasteiger partial charge in [-0.3, -0.25) is 4.79 Å². The third-order valence-corrected chi connectivity index (χ3v) is 8.99. The third kappa shape index (κ3) is 5.00. The highest BCUT2D eigenvalue weighted by molar-refractivity contribution is 7.92. The van der Waals surface area contributed by atoms with Gasteiger partial charge in [0.2, 0.25) is 10.0 Å². The van der Waals surface area contributed by atoms with Crippen LogP contribution in [-0.2, 0) is 16.6 Å². The third-order valence-electron chi connectivity index (χ3n) is 6.36. The zero-order valence-corrected chi connectivity index (χ0v) is 21.4. The fourth-order valence-corrected chi connectivity index (χ4v) is 6.89. The van der Waals surface area contributed by atoms with Crippen LogP contribution in [0.2, 0.25) is 0 Å². The van der Waals surface area contributed by atoms with Crippen molar-refractivity contribution in [2.45, 2.75) is 19.5 Å². The molecule has 36 heavy (non-hydrogen) atoms. The molecule has 9 heteroatoms. The van der Waals surface area contributed by atoms with E-state index in [2.05, 4.69) is 0 Å². The number of piperazine rings is 1. The van der Waals surface area contributed by atoms with Crippen LogP contribution in [0.15, 0.2) is 77.5 Å². The topological polar surface area (TPSA) is 62.6 Å². The Bertz CT molecular complexity index is 1530. The van der Waals surface area contributed by atoms with E-state index in [1.807, 2.05) is 65.4 Å². The Labute approximate surface area is 213 Å². The molecule has 1 amide bonds. The van der Waals surface area contributed by atoms with Gasteiger partial charge in [-0.05, 0) is 53.8 Å². The van der Waals surface area contributed by atoms with Crippen LogP contribution in [0.25, 0.3) is 16.3 Å². The molecule has 0 aliphatic carbocycles. The predicted octanol–water partition coefficient (Wildman–Crippen LogP) is 5.04. The molecule has 1 saturated heterocycles. The molecule has 0 saturated carbocycles. The summed E-state index contributed by atoms with van der Waals surface area (Å²) in [5.74, 6) is -0.471. The summed E-state index contributed by atoms with van der Waals surface area (Å²) in [6.45, 7) is 2.98. The second-order valence-corrected chi connectivity index (χ2v) is 11.6. The smallest absolute Gasteiger partial charge is 0.270 e. The molecule has 1 aliphatic heterocycles. The first kappa shape index (κ1) is 24.4. The van der Waals surface area contributed by atoms with Crippen molar-refractivity contribution >= 4 is 43.6 Å². The summed E-state index contributed by atoms with van der Waals surface area (Å²) < 4.78 is 43.1. The van der Waals surface area contributed by atoms with Crippen molar-refractivity contribution in [3.8, 4) is 0 Å². The van der Waals surface area contributed by atoms with Crippen molar-refractivity contribution in [1.29, 1.82) is 0 Å². The number of hydrogen-bond acceptors (Lipinski definition) is 4. The first-order valence-corrected chi connectivity index (χ1v) is 14.1. The first-order chi connectivity index (χ1) is 17.3. The lowest BCUT2D eigenvalue weighted by Gasteiger charge is -2.38. The Morgan fingerprint density at radius 1 is 1.08 bits per heavy atom. The van der Waals surface area contributed by atoms with Crippen LogP contribution in [0.4, 0.5) is 4.39 Å². The monoisotopic (exact) mass is 523 g/mol. The second kappa shape index (κ2) is 10.0. The summed E-state index contributed by atoms with van der Waals surface area (Å²) >= 11 is 1.53. The van der Waals surface area contributed by atoms with Crippen molar-refractivity contribution in [3.63, 3.8) is 0 Å². The summed E-state index contributed by atoms with van der Waals surface area (Å²) in [6.07, 6.45) is 1.59. The molecule has 1 atom stereocenters. The Balaban J connectivity index is 1.34. The van der Waals surface area contributed by atoms with E-state index in [4.69, 9.17) is 0 Å². The number of aromatic nitrogens is 1. The average Bonchev–Trinajstić information content (AvgIpc) is 3.45. The summed E-state index contributed by atoms with van der Waals surface area (Å²) in [7, 11) is -3.63. The van der Waals surface area contributed by atoms with Gasteiger partial charge >= 0.3 is 0 Å². The zero-order chi connectivity index (χ0) is 25.3. The second-order valence-electron chi connectivity index (χ2n) is 8.90. The van der Waals surface area contributed by atoms with Gasteiger partial charge in [-0.15, -0.1) is 11.3 Å². The van der Waals surface area contributed by atoms with Gasteiger partial charge in [0.05, 0.1) is 0 Å². The number of amides is 1. The van der Waals surface area contributed by atoms with Gasteiger partial charge < -0.3 is 9.47 Å². The molecular formula is C27H26FN3O3S2. The average molecular weight is 524 g/mol. The van der Waals surface area contributed by atoms with Gasteiger partial charge in [0.1, 0.15) is 16.3 Å². The molecular weight excluding hydrogens is 497 g/mol. The molecule has 1 aliphatic rings. The minimum Gasteiger partial charge on any atom is -0.334 e. The number of hydrogen-bond donors (Lipinski definition) is 0. The van der Waals surface area contributed by atoms with Crippen molar-refractivity contribution in [3.05, 3.63) is 100 Å². The standard InChI is InChI=1S/C27H26FN3O3S2/c1-20-18-29(12-13-31(20)36(33,34)15-11-21-6-3-2-4-7-21)26(32)25-17-23-10-14-35-27(23)30(25)19-22-8-5-9-24(28)16-22/h2-11,14-17,20H,12-13,18-19H2,1H3/b15-11+/t20-/m0/s1. The van der Waals surface area contributed by atoms with E-state index in [1.165, 1.54) is 33.2 Å². The largest absolute Gasteiger partial charge is 0.334 e. The van der Waals surface area contributed by atoms with Gasteiger partial charge in [0, 0.05) is 43.0 Å². The molecule has 0 unspecified atom stereocenters. The first-order valence-electron chi connectivity index (χ1n) is 11.7. The minimum absolute atomic E-state index is 0.154. The Kier molecular flexibility index (Phi) is 6.79. The highest BCUT2D eigenvalue weighted by Gasteiger charge is 2.34. The number of fused-ring (bicyclic) bond motifs is 1. The number of rotatable bonds is 6. The van der Waals surface area contributed by atoms with E-state index in [-0.39, 0.29) is 30.9 Å². The number of benzene rings is 2. The molecule has 186 valence electrons. The van der Waals surface area contributed by atoms with E-state index in [9.17, 15) is 17.6 Å². The fraction of sp³-hybridized carbons (Fsp3) is 0.222. The Morgan fingerprint density at radius 3 is 2.64 bits per heavy atom. The SMILES string of the molecule is C[C@H]1CN(C(=O)c2cc3ccsc3n2Cc2cccc(F)c2)CCN1S(=O)(=O)/C=C/c1ccccc1. The summed E-state index contributed by atoms with van der Waals surface area (Å²) in [5, 5.41) is 4.16. The van der Waals surface area contributed by atoms with E-state index in [1.54, 1.807) is 17.0 Å². The predicted molar refractivity (Wildman–Crippen MR) is 142 cm³/mol. The maximum absolute atomic E-state index is 13.8. The van der Waals surface area contributed by atoms with Crippen molar-refractivity contribution < 1.29 is 17.6 Å². The highest BCUT2D eigenvalue weighted by atomic mass is 32.2. The molecule has 6 nitrogen and oxygen atoms in total. The lowest BCUT2D eigenvalue weighted by Crippen LogP contribution is -2.55. The van der Waals surface area contributed by atoms with Crippen LogP contribution in [0.5, 0.6) is 0 Å². The normalized spacial score (nSPS) is 17.3. The number of nitrogens with zero attached hydrogens (tertiary/aromatic N) is 3. The van der Waals surface area contributed by atoms with Crippen LogP contribution < -0.4 is 0 Å². The molecule has 2 aromatic carbocycles. The fourth-order valence-electron chi connectivity index (χ4n) is 4.60. The van der Waals surface area contributed by atoms with Gasteiger partial charge in [-0.1, -0.05) is 42.5 Å². The molecule has 0 spiro atoms. The van der Waals surface area contributed by atoms with Gasteiger partial charge in [0.15, 0.2) is 0 Å². The van der Waals surface area contributed by atoms with Crippen molar-refractivity contribution in [2.24, 2.45) is 0 Å². The number of carbonyl (C=O) groups excluding carboxylic acids is 1. The lowest BCUT2D eigenvalue weighted by molar-refractivity contribution is 0.0634. The summed E-state index contributed by atoms with van der Waals surface area (Å²) in [6, 6.07) is 19.1.